The first-order valence-electron chi connectivity index (χ1n) is 8.48. The molecular formula is C17H31N3. The summed E-state index contributed by atoms with van der Waals surface area (Å²) in [5.41, 5.74) is 0. The van der Waals surface area contributed by atoms with E-state index in [1.807, 2.05) is 6.20 Å². The van der Waals surface area contributed by atoms with Gasteiger partial charge >= 0.3 is 0 Å². The van der Waals surface area contributed by atoms with Gasteiger partial charge < -0.3 is 9.88 Å². The van der Waals surface area contributed by atoms with E-state index in [0.29, 0.717) is 5.92 Å². The standard InChI is InChI=1S/C17H31N3/c1-4-8-18-13-15-7-6-14(3)12-16(15)17-19-9-11-20(17)10-5-2/h9,11,14-16,18H,4-8,10,12-13H2,1-3H3. The number of nitrogens with one attached hydrogen (secondary N) is 1. The zero-order chi connectivity index (χ0) is 14.4. The summed E-state index contributed by atoms with van der Waals surface area (Å²) >= 11 is 0. The predicted molar refractivity (Wildman–Crippen MR) is 84.9 cm³/mol. The van der Waals surface area contributed by atoms with Crippen molar-refractivity contribution in [3.05, 3.63) is 18.2 Å². The van der Waals surface area contributed by atoms with Crippen molar-refractivity contribution < 1.29 is 0 Å². The minimum absolute atomic E-state index is 0.643. The highest BCUT2D eigenvalue weighted by Crippen LogP contribution is 2.39. The van der Waals surface area contributed by atoms with E-state index in [4.69, 9.17) is 4.98 Å². The summed E-state index contributed by atoms with van der Waals surface area (Å²) in [7, 11) is 0. The highest BCUT2D eigenvalue weighted by atomic mass is 15.1. The lowest BCUT2D eigenvalue weighted by Crippen LogP contribution is -2.33. The van der Waals surface area contributed by atoms with E-state index in [0.717, 1.165) is 31.5 Å². The molecule has 0 aliphatic heterocycles. The minimum atomic E-state index is 0.643. The van der Waals surface area contributed by atoms with Gasteiger partial charge in [0, 0.05) is 24.9 Å². The van der Waals surface area contributed by atoms with Gasteiger partial charge in [0.25, 0.3) is 0 Å². The van der Waals surface area contributed by atoms with Crippen molar-refractivity contribution in [3.8, 4) is 0 Å². The Balaban J connectivity index is 2.08. The van der Waals surface area contributed by atoms with Crippen LogP contribution >= 0.6 is 0 Å². The van der Waals surface area contributed by atoms with Crippen LogP contribution in [-0.4, -0.2) is 22.6 Å². The molecule has 1 saturated carbocycles. The molecule has 0 aromatic carbocycles. The van der Waals surface area contributed by atoms with E-state index < -0.39 is 0 Å². The molecule has 3 atom stereocenters. The summed E-state index contributed by atoms with van der Waals surface area (Å²) < 4.78 is 2.38. The van der Waals surface area contributed by atoms with Crippen molar-refractivity contribution in [2.24, 2.45) is 11.8 Å². The number of nitrogens with zero attached hydrogens (tertiary/aromatic N) is 2. The van der Waals surface area contributed by atoms with Gasteiger partial charge in [0.1, 0.15) is 5.82 Å². The van der Waals surface area contributed by atoms with Crippen molar-refractivity contribution in [2.45, 2.75) is 65.3 Å². The highest BCUT2D eigenvalue weighted by Gasteiger charge is 2.32. The Morgan fingerprint density at radius 1 is 1.30 bits per heavy atom. The zero-order valence-corrected chi connectivity index (χ0v) is 13.4. The monoisotopic (exact) mass is 277 g/mol. The van der Waals surface area contributed by atoms with E-state index >= 15 is 0 Å². The van der Waals surface area contributed by atoms with Crippen LogP contribution in [-0.2, 0) is 6.54 Å². The van der Waals surface area contributed by atoms with Crippen molar-refractivity contribution in [3.63, 3.8) is 0 Å². The van der Waals surface area contributed by atoms with Crippen molar-refractivity contribution in [2.75, 3.05) is 13.1 Å². The fraction of sp³-hybridized carbons (Fsp3) is 0.824. The number of aryl methyl sites for hydroxylation is 1. The molecule has 0 bridgehead atoms. The molecule has 1 aromatic heterocycles. The van der Waals surface area contributed by atoms with Crippen LogP contribution in [0.2, 0.25) is 0 Å². The van der Waals surface area contributed by atoms with Crippen LogP contribution in [0, 0.1) is 11.8 Å². The van der Waals surface area contributed by atoms with E-state index in [1.54, 1.807) is 0 Å². The van der Waals surface area contributed by atoms with Gasteiger partial charge in [-0.25, -0.2) is 4.98 Å². The maximum absolute atomic E-state index is 4.71. The first-order valence-corrected chi connectivity index (χ1v) is 8.48. The van der Waals surface area contributed by atoms with Gasteiger partial charge in [0.05, 0.1) is 0 Å². The van der Waals surface area contributed by atoms with Gasteiger partial charge in [-0.3, -0.25) is 0 Å². The van der Waals surface area contributed by atoms with Crippen LogP contribution in [0.25, 0.3) is 0 Å². The molecule has 1 aromatic rings. The summed E-state index contributed by atoms with van der Waals surface area (Å²) in [5.74, 6) is 3.58. The van der Waals surface area contributed by atoms with Crippen LogP contribution < -0.4 is 5.32 Å². The second-order valence-corrected chi connectivity index (χ2v) is 6.47. The molecular weight excluding hydrogens is 246 g/mol. The summed E-state index contributed by atoms with van der Waals surface area (Å²) in [6.45, 7) is 10.3. The van der Waals surface area contributed by atoms with Crippen molar-refractivity contribution in [1.29, 1.82) is 0 Å². The Kier molecular flexibility index (Phi) is 6.08. The maximum atomic E-state index is 4.71. The van der Waals surface area contributed by atoms with Gasteiger partial charge in [0.2, 0.25) is 0 Å². The Morgan fingerprint density at radius 2 is 2.15 bits per heavy atom. The third-order valence-electron chi connectivity index (χ3n) is 4.63. The molecule has 2 rings (SSSR count). The molecule has 3 nitrogen and oxygen atoms in total. The zero-order valence-electron chi connectivity index (χ0n) is 13.4. The lowest BCUT2D eigenvalue weighted by atomic mass is 9.74. The van der Waals surface area contributed by atoms with E-state index in [1.165, 1.54) is 37.9 Å². The first kappa shape index (κ1) is 15.6. The molecule has 1 aliphatic rings. The number of aromatic nitrogens is 2. The minimum Gasteiger partial charge on any atom is -0.335 e. The third-order valence-corrected chi connectivity index (χ3v) is 4.63. The lowest BCUT2D eigenvalue weighted by molar-refractivity contribution is 0.230. The normalized spacial score (nSPS) is 26.9. The average molecular weight is 277 g/mol. The molecule has 0 saturated heterocycles. The van der Waals surface area contributed by atoms with Gasteiger partial charge in [-0.05, 0) is 50.6 Å². The molecule has 3 heteroatoms. The van der Waals surface area contributed by atoms with Gasteiger partial charge in [-0.15, -0.1) is 0 Å². The van der Waals surface area contributed by atoms with Crippen molar-refractivity contribution in [1.82, 2.24) is 14.9 Å². The molecule has 0 amide bonds. The number of hydrogen-bond donors (Lipinski definition) is 1. The molecule has 1 fully saturated rings. The van der Waals surface area contributed by atoms with Crippen LogP contribution in [0.1, 0.15) is 64.6 Å². The first-order chi connectivity index (χ1) is 9.76. The Labute approximate surface area is 124 Å². The molecule has 1 N–H and O–H groups in total. The van der Waals surface area contributed by atoms with Gasteiger partial charge in [-0.1, -0.05) is 27.2 Å². The summed E-state index contributed by atoms with van der Waals surface area (Å²) in [6, 6.07) is 0. The fourth-order valence-electron chi connectivity index (χ4n) is 3.55. The maximum Gasteiger partial charge on any atom is 0.112 e. The molecule has 3 unspecified atom stereocenters. The van der Waals surface area contributed by atoms with E-state index in [2.05, 4.69) is 36.9 Å². The van der Waals surface area contributed by atoms with Crippen LogP contribution in [0.4, 0.5) is 0 Å². The number of imidazole rings is 1. The topological polar surface area (TPSA) is 29.9 Å². The predicted octanol–water partition coefficient (Wildman–Crippen LogP) is 3.81. The second-order valence-electron chi connectivity index (χ2n) is 6.47. The second kappa shape index (κ2) is 7.82. The van der Waals surface area contributed by atoms with Crippen LogP contribution in [0.3, 0.4) is 0 Å². The van der Waals surface area contributed by atoms with E-state index in [9.17, 15) is 0 Å². The summed E-state index contributed by atoms with van der Waals surface area (Å²) in [5, 5.41) is 3.63. The molecule has 20 heavy (non-hydrogen) atoms. The molecule has 1 heterocycles. The van der Waals surface area contributed by atoms with E-state index in [-0.39, 0.29) is 0 Å². The highest BCUT2D eigenvalue weighted by molar-refractivity contribution is 5.05. The smallest absolute Gasteiger partial charge is 0.112 e. The number of rotatable bonds is 7. The van der Waals surface area contributed by atoms with Crippen molar-refractivity contribution >= 4 is 0 Å². The summed E-state index contributed by atoms with van der Waals surface area (Å²) in [6.07, 6.45) is 10.6. The molecule has 114 valence electrons. The van der Waals surface area contributed by atoms with Crippen LogP contribution in [0.5, 0.6) is 0 Å². The molecule has 1 aliphatic carbocycles. The number of hydrogen-bond acceptors (Lipinski definition) is 2. The van der Waals surface area contributed by atoms with Crippen LogP contribution in [0.15, 0.2) is 12.4 Å². The molecule has 0 radical (unpaired) electrons. The quantitative estimate of drug-likeness (QED) is 0.768. The summed E-state index contributed by atoms with van der Waals surface area (Å²) in [4.78, 5) is 4.71. The molecule has 0 spiro atoms. The third kappa shape index (κ3) is 3.85. The Hall–Kier alpha value is -0.830. The SMILES string of the molecule is CCCNCC1CCC(C)CC1c1nccn1CCC. The fourth-order valence-corrected chi connectivity index (χ4v) is 3.55. The average Bonchev–Trinajstić information content (AvgIpc) is 2.89. The Morgan fingerprint density at radius 3 is 2.90 bits per heavy atom. The lowest BCUT2D eigenvalue weighted by Gasteiger charge is -2.35. The Bertz CT molecular complexity index is 385. The largest absolute Gasteiger partial charge is 0.335 e. The van der Waals surface area contributed by atoms with Gasteiger partial charge in [0.15, 0.2) is 0 Å². The van der Waals surface area contributed by atoms with Gasteiger partial charge in [-0.2, -0.15) is 0 Å².